The van der Waals surface area contributed by atoms with E-state index in [0.717, 1.165) is 9.13 Å². The molecule has 104 valence electrons. The first kappa shape index (κ1) is 13.7. The van der Waals surface area contributed by atoms with Gasteiger partial charge in [0.1, 0.15) is 0 Å². The zero-order chi connectivity index (χ0) is 14.3. The minimum Gasteiger partial charge on any atom is -0.481 e. The van der Waals surface area contributed by atoms with Crippen molar-refractivity contribution < 1.29 is 9.90 Å². The lowest BCUT2D eigenvalue weighted by Crippen LogP contribution is -2.22. The first-order chi connectivity index (χ1) is 9.52. The van der Waals surface area contributed by atoms with Crippen LogP contribution in [0.2, 0.25) is 5.02 Å². The fourth-order valence-electron chi connectivity index (χ4n) is 2.05. The highest BCUT2D eigenvalue weighted by Crippen LogP contribution is 2.47. The van der Waals surface area contributed by atoms with Crippen LogP contribution in [0.5, 0.6) is 0 Å². The first-order valence-corrected chi connectivity index (χ1v) is 7.42. The maximum absolute atomic E-state index is 11.3. The van der Waals surface area contributed by atoms with Crippen LogP contribution in [0.4, 0.5) is 0 Å². The van der Waals surface area contributed by atoms with E-state index in [1.807, 2.05) is 6.07 Å². The first-order valence-electron chi connectivity index (χ1n) is 5.97. The molecule has 8 heteroatoms. The number of nitrogens with zero attached hydrogens (tertiary/aromatic N) is 4. The molecule has 1 aromatic heterocycles. The molecule has 1 fully saturated rings. The minimum absolute atomic E-state index is 0.285. The Morgan fingerprint density at radius 1 is 1.50 bits per heavy atom. The molecule has 0 saturated heterocycles. The van der Waals surface area contributed by atoms with E-state index in [0.29, 0.717) is 23.7 Å². The molecule has 1 aliphatic rings. The standard InChI is InChI=1S/C12H10ClIN4O2/c13-7-1-2-9(14)8(5-7)10-15-16-17-18(10)6-12(3-4-12)11(19)20/h1-2,5H,3-4,6H2,(H,19,20). The third-order valence-electron chi connectivity index (χ3n) is 3.46. The van der Waals surface area contributed by atoms with Crippen molar-refractivity contribution in [3.05, 3.63) is 26.8 Å². The Kier molecular flexibility index (Phi) is 3.41. The van der Waals surface area contributed by atoms with E-state index < -0.39 is 11.4 Å². The molecular formula is C12H10ClIN4O2. The molecule has 6 nitrogen and oxygen atoms in total. The molecule has 1 saturated carbocycles. The molecule has 2 aromatic rings. The number of aliphatic carboxylic acids is 1. The van der Waals surface area contributed by atoms with Crippen LogP contribution < -0.4 is 0 Å². The van der Waals surface area contributed by atoms with E-state index in [9.17, 15) is 9.90 Å². The normalized spacial score (nSPS) is 16.1. The molecule has 0 spiro atoms. The van der Waals surface area contributed by atoms with Crippen molar-refractivity contribution in [2.75, 3.05) is 0 Å². The van der Waals surface area contributed by atoms with E-state index in [1.54, 1.807) is 16.8 Å². The van der Waals surface area contributed by atoms with Gasteiger partial charge in [-0.05, 0) is 64.1 Å². The van der Waals surface area contributed by atoms with Gasteiger partial charge in [-0.3, -0.25) is 4.79 Å². The van der Waals surface area contributed by atoms with Crippen molar-refractivity contribution in [3.8, 4) is 11.4 Å². The Morgan fingerprint density at radius 2 is 2.25 bits per heavy atom. The number of carbonyl (C=O) groups is 1. The summed E-state index contributed by atoms with van der Waals surface area (Å²) in [6.07, 6.45) is 1.32. The summed E-state index contributed by atoms with van der Waals surface area (Å²) in [5.74, 6) is -0.246. The fraction of sp³-hybridized carbons (Fsp3) is 0.333. The van der Waals surface area contributed by atoms with Crippen molar-refractivity contribution in [1.29, 1.82) is 0 Å². The van der Waals surface area contributed by atoms with Crippen LogP contribution in [0, 0.1) is 8.99 Å². The second-order valence-electron chi connectivity index (χ2n) is 4.87. The van der Waals surface area contributed by atoms with Crippen LogP contribution in [0.3, 0.4) is 0 Å². The molecule has 0 bridgehead atoms. The summed E-state index contributed by atoms with van der Waals surface area (Å²) in [6, 6.07) is 5.45. The summed E-state index contributed by atoms with van der Waals surface area (Å²) in [7, 11) is 0. The van der Waals surface area contributed by atoms with E-state index in [-0.39, 0.29) is 6.54 Å². The predicted octanol–water partition coefficient (Wildman–Crippen LogP) is 2.46. The molecule has 3 rings (SSSR count). The predicted molar refractivity (Wildman–Crippen MR) is 80.3 cm³/mol. The molecular weight excluding hydrogens is 395 g/mol. The summed E-state index contributed by atoms with van der Waals surface area (Å²) in [6.45, 7) is 0.285. The van der Waals surface area contributed by atoms with Crippen LogP contribution >= 0.6 is 34.2 Å². The summed E-state index contributed by atoms with van der Waals surface area (Å²) < 4.78 is 2.51. The van der Waals surface area contributed by atoms with Gasteiger partial charge in [0.2, 0.25) is 0 Å². The van der Waals surface area contributed by atoms with Crippen molar-refractivity contribution in [2.45, 2.75) is 19.4 Å². The molecule has 20 heavy (non-hydrogen) atoms. The van der Waals surface area contributed by atoms with Crippen molar-refractivity contribution in [1.82, 2.24) is 20.2 Å². The van der Waals surface area contributed by atoms with E-state index >= 15 is 0 Å². The number of hydrogen-bond acceptors (Lipinski definition) is 4. The van der Waals surface area contributed by atoms with Gasteiger partial charge < -0.3 is 5.11 Å². The molecule has 1 aromatic carbocycles. The third kappa shape index (κ3) is 2.39. The van der Waals surface area contributed by atoms with E-state index in [1.165, 1.54) is 0 Å². The number of aromatic nitrogens is 4. The summed E-state index contributed by atoms with van der Waals surface area (Å²) >= 11 is 8.18. The van der Waals surface area contributed by atoms with Crippen molar-refractivity contribution in [3.63, 3.8) is 0 Å². The summed E-state index contributed by atoms with van der Waals surface area (Å²) in [5, 5.41) is 21.4. The topological polar surface area (TPSA) is 80.9 Å². The van der Waals surface area contributed by atoms with E-state index in [4.69, 9.17) is 11.6 Å². The van der Waals surface area contributed by atoms with Gasteiger partial charge in [0.25, 0.3) is 0 Å². The fourth-order valence-corrected chi connectivity index (χ4v) is 2.80. The Balaban J connectivity index is 1.98. The van der Waals surface area contributed by atoms with Crippen molar-refractivity contribution >= 4 is 40.2 Å². The molecule has 1 N–H and O–H groups in total. The highest BCUT2D eigenvalue weighted by molar-refractivity contribution is 14.1. The van der Waals surface area contributed by atoms with Crippen LogP contribution in [-0.4, -0.2) is 31.3 Å². The maximum Gasteiger partial charge on any atom is 0.311 e. The average Bonchev–Trinajstić information content (AvgIpc) is 3.05. The smallest absolute Gasteiger partial charge is 0.311 e. The Hall–Kier alpha value is -1.22. The number of tetrazole rings is 1. The lowest BCUT2D eigenvalue weighted by molar-refractivity contribution is -0.144. The van der Waals surface area contributed by atoms with Gasteiger partial charge in [0.05, 0.1) is 12.0 Å². The molecule has 0 amide bonds. The Labute approximate surface area is 133 Å². The van der Waals surface area contributed by atoms with Crippen molar-refractivity contribution in [2.24, 2.45) is 5.41 Å². The van der Waals surface area contributed by atoms with Crippen LogP contribution in [0.25, 0.3) is 11.4 Å². The molecule has 0 radical (unpaired) electrons. The van der Waals surface area contributed by atoms with Gasteiger partial charge in [0.15, 0.2) is 5.82 Å². The highest BCUT2D eigenvalue weighted by atomic mass is 127. The van der Waals surface area contributed by atoms with Gasteiger partial charge in [-0.2, -0.15) is 0 Å². The number of hydrogen-bond donors (Lipinski definition) is 1. The molecule has 1 heterocycles. The second kappa shape index (κ2) is 4.96. The quantitative estimate of drug-likeness (QED) is 0.792. The number of carboxylic acid groups (broad SMARTS) is 1. The van der Waals surface area contributed by atoms with Gasteiger partial charge in [-0.15, -0.1) is 5.10 Å². The van der Waals surface area contributed by atoms with Gasteiger partial charge >= 0.3 is 5.97 Å². The molecule has 0 aliphatic heterocycles. The summed E-state index contributed by atoms with van der Waals surface area (Å²) in [4.78, 5) is 11.3. The largest absolute Gasteiger partial charge is 0.481 e. The van der Waals surface area contributed by atoms with Gasteiger partial charge in [0, 0.05) is 14.2 Å². The number of rotatable bonds is 4. The monoisotopic (exact) mass is 404 g/mol. The lowest BCUT2D eigenvalue weighted by Gasteiger charge is -2.11. The summed E-state index contributed by atoms with van der Waals surface area (Å²) in [5.41, 5.74) is 0.0954. The number of benzene rings is 1. The van der Waals surface area contributed by atoms with Crippen LogP contribution in [-0.2, 0) is 11.3 Å². The van der Waals surface area contributed by atoms with E-state index in [2.05, 4.69) is 38.1 Å². The number of halogens is 2. The third-order valence-corrected chi connectivity index (χ3v) is 4.64. The van der Waals surface area contributed by atoms with Crippen LogP contribution in [0.1, 0.15) is 12.8 Å². The zero-order valence-corrected chi connectivity index (χ0v) is 13.2. The van der Waals surface area contributed by atoms with Gasteiger partial charge in [-0.25, -0.2) is 4.68 Å². The maximum atomic E-state index is 11.3. The molecule has 0 unspecified atom stereocenters. The second-order valence-corrected chi connectivity index (χ2v) is 6.47. The SMILES string of the molecule is O=C(O)C1(Cn2nnnc2-c2cc(Cl)ccc2I)CC1. The minimum atomic E-state index is -0.792. The van der Waals surface area contributed by atoms with Crippen LogP contribution in [0.15, 0.2) is 18.2 Å². The zero-order valence-electron chi connectivity index (χ0n) is 10.3. The highest BCUT2D eigenvalue weighted by Gasteiger charge is 2.51. The van der Waals surface area contributed by atoms with Gasteiger partial charge in [-0.1, -0.05) is 11.6 Å². The molecule has 0 atom stereocenters. The lowest BCUT2D eigenvalue weighted by atomic mass is 10.1. The number of carboxylic acids is 1. The Morgan fingerprint density at radius 3 is 2.90 bits per heavy atom. The average molecular weight is 405 g/mol. The Bertz CT molecular complexity index is 684. The molecule has 1 aliphatic carbocycles.